The zero-order chi connectivity index (χ0) is 23.8. The Kier molecular flexibility index (Phi) is 7.39. The first-order chi connectivity index (χ1) is 15.6. The van der Waals surface area contributed by atoms with Crippen LogP contribution >= 0.6 is 23.2 Å². The third kappa shape index (κ3) is 6.10. The van der Waals surface area contributed by atoms with Crippen LogP contribution in [-0.2, 0) is 0 Å². The summed E-state index contributed by atoms with van der Waals surface area (Å²) in [6.45, 7) is 12.7. The number of nitrogens with zero attached hydrogens (tertiary/aromatic N) is 4. The van der Waals surface area contributed by atoms with Crippen molar-refractivity contribution >= 4 is 35.0 Å². The molecule has 1 aromatic heterocycles. The fourth-order valence-electron chi connectivity index (χ4n) is 5.01. The summed E-state index contributed by atoms with van der Waals surface area (Å²) < 4.78 is 0. The summed E-state index contributed by atoms with van der Waals surface area (Å²) in [6, 6.07) is 5.56. The van der Waals surface area contributed by atoms with E-state index in [0.717, 1.165) is 55.6 Å². The molecule has 1 aromatic carbocycles. The van der Waals surface area contributed by atoms with Gasteiger partial charge in [-0.25, -0.2) is 4.98 Å². The zero-order valence-electron chi connectivity index (χ0n) is 20.0. The smallest absolute Gasteiger partial charge is 0.227 e. The number of hydrogen-bond donors (Lipinski definition) is 2. The molecule has 2 aliphatic rings. The summed E-state index contributed by atoms with van der Waals surface area (Å²) in [4.78, 5) is 14.1. The van der Waals surface area contributed by atoms with Crippen molar-refractivity contribution in [3.05, 3.63) is 45.6 Å². The Morgan fingerprint density at radius 1 is 1.21 bits per heavy atom. The standard InChI is InChI=1S/C25H35Cl2N5O/c1-16-11-28-24(30-23(16)29-17(2)21-8-7-20(26)10-22(21)27)32-13-19(14-32)18-6-5-9-31(12-18)15-25(3,4)33/h7-8,10-11,17-19,33H,5-6,9,12-15H2,1-4H3,(H,28,29,30)/t17-,18?/m1/s1. The molecule has 3 heterocycles. The number of likely N-dealkylation sites (tertiary alicyclic amines) is 1. The summed E-state index contributed by atoms with van der Waals surface area (Å²) in [6.07, 6.45) is 4.36. The minimum atomic E-state index is -0.639. The number of aliphatic hydroxyl groups is 1. The third-order valence-electron chi connectivity index (χ3n) is 6.75. The molecule has 0 bridgehead atoms. The Hall–Kier alpha value is -1.60. The zero-order valence-corrected chi connectivity index (χ0v) is 21.5. The van der Waals surface area contributed by atoms with Gasteiger partial charge in [-0.05, 0) is 76.6 Å². The van der Waals surface area contributed by atoms with Gasteiger partial charge in [-0.3, -0.25) is 0 Å². The molecule has 2 fully saturated rings. The molecule has 6 nitrogen and oxygen atoms in total. The van der Waals surface area contributed by atoms with Crippen molar-refractivity contribution in [1.29, 1.82) is 0 Å². The van der Waals surface area contributed by atoms with Crippen LogP contribution in [0.15, 0.2) is 24.4 Å². The number of halogens is 2. The van der Waals surface area contributed by atoms with E-state index in [1.807, 2.05) is 39.1 Å². The van der Waals surface area contributed by atoms with Crippen molar-refractivity contribution < 1.29 is 5.11 Å². The first-order valence-corrected chi connectivity index (χ1v) is 12.6. The van der Waals surface area contributed by atoms with Crippen LogP contribution in [0.3, 0.4) is 0 Å². The van der Waals surface area contributed by atoms with Gasteiger partial charge in [-0.2, -0.15) is 4.98 Å². The summed E-state index contributed by atoms with van der Waals surface area (Å²) in [7, 11) is 0. The second kappa shape index (κ2) is 9.95. The number of aryl methyl sites for hydroxylation is 1. The highest BCUT2D eigenvalue weighted by molar-refractivity contribution is 6.35. The molecule has 2 aliphatic heterocycles. The Bertz CT molecular complexity index is 974. The molecule has 33 heavy (non-hydrogen) atoms. The van der Waals surface area contributed by atoms with Gasteiger partial charge in [0, 0.05) is 48.0 Å². The van der Waals surface area contributed by atoms with E-state index in [0.29, 0.717) is 21.9 Å². The number of piperidine rings is 1. The normalized spacial score (nSPS) is 21.1. The largest absolute Gasteiger partial charge is 0.389 e. The number of nitrogens with one attached hydrogen (secondary N) is 1. The van der Waals surface area contributed by atoms with E-state index in [2.05, 4.69) is 27.0 Å². The quantitative estimate of drug-likeness (QED) is 0.555. The molecule has 0 radical (unpaired) electrons. The topological polar surface area (TPSA) is 64.5 Å². The summed E-state index contributed by atoms with van der Waals surface area (Å²) >= 11 is 12.4. The van der Waals surface area contributed by atoms with E-state index in [1.165, 1.54) is 12.8 Å². The van der Waals surface area contributed by atoms with Gasteiger partial charge in [-0.1, -0.05) is 29.3 Å². The van der Waals surface area contributed by atoms with Gasteiger partial charge in [0.15, 0.2) is 0 Å². The number of anilines is 2. The van der Waals surface area contributed by atoms with E-state index >= 15 is 0 Å². The minimum Gasteiger partial charge on any atom is -0.389 e. The molecular weight excluding hydrogens is 457 g/mol. The van der Waals surface area contributed by atoms with Crippen molar-refractivity contribution in [2.75, 3.05) is 42.9 Å². The first kappa shape index (κ1) is 24.5. The van der Waals surface area contributed by atoms with E-state index in [4.69, 9.17) is 28.2 Å². The van der Waals surface area contributed by atoms with Crippen LogP contribution in [-0.4, -0.2) is 58.3 Å². The van der Waals surface area contributed by atoms with Gasteiger partial charge in [0.2, 0.25) is 5.95 Å². The first-order valence-electron chi connectivity index (χ1n) is 11.8. The Labute approximate surface area is 207 Å². The molecule has 2 N–H and O–H groups in total. The highest BCUT2D eigenvalue weighted by Gasteiger charge is 2.37. The molecule has 0 saturated carbocycles. The highest BCUT2D eigenvalue weighted by Crippen LogP contribution is 2.34. The van der Waals surface area contributed by atoms with Crippen LogP contribution in [0.4, 0.5) is 11.8 Å². The van der Waals surface area contributed by atoms with Crippen LogP contribution in [0.5, 0.6) is 0 Å². The van der Waals surface area contributed by atoms with Crippen LogP contribution in [0, 0.1) is 18.8 Å². The van der Waals surface area contributed by atoms with Crippen LogP contribution in [0.25, 0.3) is 0 Å². The van der Waals surface area contributed by atoms with Crippen molar-refractivity contribution in [2.24, 2.45) is 11.8 Å². The number of aromatic nitrogens is 2. The number of benzene rings is 1. The molecular formula is C25H35Cl2N5O. The second-order valence-electron chi connectivity index (χ2n) is 10.3. The predicted molar refractivity (Wildman–Crippen MR) is 136 cm³/mol. The molecule has 0 spiro atoms. The van der Waals surface area contributed by atoms with Crippen molar-refractivity contribution in [3.63, 3.8) is 0 Å². The van der Waals surface area contributed by atoms with E-state index in [9.17, 15) is 5.11 Å². The average Bonchev–Trinajstić information content (AvgIpc) is 2.68. The fourth-order valence-corrected chi connectivity index (χ4v) is 5.58. The van der Waals surface area contributed by atoms with Gasteiger partial charge in [0.1, 0.15) is 5.82 Å². The molecule has 8 heteroatoms. The van der Waals surface area contributed by atoms with Crippen molar-refractivity contribution in [3.8, 4) is 0 Å². The summed E-state index contributed by atoms with van der Waals surface area (Å²) in [5, 5.41) is 15.0. The van der Waals surface area contributed by atoms with E-state index in [1.54, 1.807) is 6.07 Å². The Balaban J connectivity index is 1.37. The monoisotopic (exact) mass is 491 g/mol. The average molecular weight is 492 g/mol. The highest BCUT2D eigenvalue weighted by atomic mass is 35.5. The van der Waals surface area contributed by atoms with Crippen LogP contribution in [0.2, 0.25) is 10.0 Å². The molecule has 4 rings (SSSR count). The van der Waals surface area contributed by atoms with Crippen molar-refractivity contribution in [2.45, 2.75) is 52.2 Å². The van der Waals surface area contributed by atoms with Gasteiger partial charge in [0.25, 0.3) is 0 Å². The molecule has 1 unspecified atom stereocenters. The van der Waals surface area contributed by atoms with Crippen LogP contribution < -0.4 is 10.2 Å². The van der Waals surface area contributed by atoms with E-state index in [-0.39, 0.29) is 6.04 Å². The van der Waals surface area contributed by atoms with Crippen LogP contribution in [0.1, 0.15) is 50.8 Å². The lowest BCUT2D eigenvalue weighted by Crippen LogP contribution is -2.55. The number of rotatable bonds is 7. The number of β-amino-alcohol motifs (C(OH)–C–C–N with tert-alkyl or cyclic N) is 1. The molecule has 180 valence electrons. The molecule has 2 atom stereocenters. The Morgan fingerprint density at radius 3 is 2.67 bits per heavy atom. The van der Waals surface area contributed by atoms with Gasteiger partial charge in [-0.15, -0.1) is 0 Å². The third-order valence-corrected chi connectivity index (χ3v) is 7.32. The van der Waals surface area contributed by atoms with Gasteiger partial charge < -0.3 is 20.2 Å². The maximum Gasteiger partial charge on any atom is 0.227 e. The molecule has 2 saturated heterocycles. The second-order valence-corrected chi connectivity index (χ2v) is 11.2. The number of hydrogen-bond acceptors (Lipinski definition) is 6. The van der Waals surface area contributed by atoms with Gasteiger partial charge in [0.05, 0.1) is 11.6 Å². The summed E-state index contributed by atoms with van der Waals surface area (Å²) in [5.74, 6) is 2.93. The van der Waals surface area contributed by atoms with Gasteiger partial charge >= 0.3 is 0 Å². The SMILES string of the molecule is Cc1cnc(N2CC(C3CCCN(CC(C)(C)O)C3)C2)nc1N[C@H](C)c1ccc(Cl)cc1Cl. The fraction of sp³-hybridized carbons (Fsp3) is 0.600. The Morgan fingerprint density at radius 2 is 1.97 bits per heavy atom. The lowest BCUT2D eigenvalue weighted by Gasteiger charge is -2.47. The maximum absolute atomic E-state index is 10.2. The lowest BCUT2D eigenvalue weighted by molar-refractivity contribution is 0.0132. The maximum atomic E-state index is 10.2. The predicted octanol–water partition coefficient (Wildman–Crippen LogP) is 5.18. The molecule has 2 aromatic rings. The molecule has 0 aliphatic carbocycles. The van der Waals surface area contributed by atoms with Crippen molar-refractivity contribution in [1.82, 2.24) is 14.9 Å². The lowest BCUT2D eigenvalue weighted by atomic mass is 9.80. The van der Waals surface area contributed by atoms with E-state index < -0.39 is 5.60 Å². The minimum absolute atomic E-state index is 0.00986. The molecule has 0 amide bonds. The summed E-state index contributed by atoms with van der Waals surface area (Å²) in [5.41, 5.74) is 1.35.